The Bertz CT molecular complexity index is 315. The highest BCUT2D eigenvalue weighted by molar-refractivity contribution is 5.42. The molecule has 0 bridgehead atoms. The molecule has 0 saturated carbocycles. The van der Waals surface area contributed by atoms with Gasteiger partial charge in [-0.05, 0) is 50.9 Å². The molecule has 1 fully saturated rings. The molecule has 1 N–H and O–H groups in total. The minimum absolute atomic E-state index is 0.628. The van der Waals surface area contributed by atoms with Crippen LogP contribution >= 0.6 is 0 Å². The number of nitrogens with one attached hydrogen (secondary N) is 1. The second-order valence-electron chi connectivity index (χ2n) is 5.31. The summed E-state index contributed by atoms with van der Waals surface area (Å²) in [6.45, 7) is 8.26. The average Bonchev–Trinajstić information content (AvgIpc) is 2.38. The van der Waals surface area contributed by atoms with E-state index in [0.717, 1.165) is 12.5 Å². The molecular weight excluding hydrogens is 208 g/mol. The van der Waals surface area contributed by atoms with Crippen LogP contribution in [-0.2, 0) is 0 Å². The number of hydrogen-bond donors (Lipinski definition) is 1. The lowest BCUT2D eigenvalue weighted by molar-refractivity contribution is 0.152. The van der Waals surface area contributed by atoms with Gasteiger partial charge in [-0.2, -0.15) is 0 Å². The minimum atomic E-state index is 0.628. The van der Waals surface area contributed by atoms with Crippen LogP contribution in [0.4, 0.5) is 5.69 Å². The first-order chi connectivity index (χ1) is 8.25. The Labute approximate surface area is 105 Å². The van der Waals surface area contributed by atoms with Crippen molar-refractivity contribution in [3.05, 3.63) is 30.3 Å². The molecule has 0 amide bonds. The van der Waals surface area contributed by atoms with Gasteiger partial charge in [0.25, 0.3) is 0 Å². The lowest BCUT2D eigenvalue weighted by atomic mass is 9.98. The van der Waals surface area contributed by atoms with Crippen molar-refractivity contribution in [2.24, 2.45) is 5.92 Å². The van der Waals surface area contributed by atoms with Gasteiger partial charge < -0.3 is 5.32 Å². The van der Waals surface area contributed by atoms with Crippen molar-refractivity contribution in [2.75, 3.05) is 25.0 Å². The molecule has 0 aromatic heterocycles. The molecule has 0 aliphatic carbocycles. The van der Waals surface area contributed by atoms with Crippen LogP contribution in [0.3, 0.4) is 0 Å². The highest BCUT2D eigenvalue weighted by Crippen LogP contribution is 2.18. The third-order valence-corrected chi connectivity index (χ3v) is 3.82. The summed E-state index contributed by atoms with van der Waals surface area (Å²) in [7, 11) is 0. The van der Waals surface area contributed by atoms with Gasteiger partial charge in [0, 0.05) is 18.3 Å². The smallest absolute Gasteiger partial charge is 0.0340 e. The fourth-order valence-corrected chi connectivity index (χ4v) is 2.42. The summed E-state index contributed by atoms with van der Waals surface area (Å²) in [5.41, 5.74) is 1.23. The van der Waals surface area contributed by atoms with E-state index in [-0.39, 0.29) is 0 Å². The molecule has 0 spiro atoms. The third kappa shape index (κ3) is 3.74. The summed E-state index contributed by atoms with van der Waals surface area (Å²) in [4.78, 5) is 2.61. The van der Waals surface area contributed by atoms with E-state index in [4.69, 9.17) is 0 Å². The standard InChI is InChI=1S/C15H24N2/c1-13-8-10-17(11-9-13)14(2)12-16-15-6-4-3-5-7-15/h3-7,13-14,16H,8-12H2,1-2H3. The van der Waals surface area contributed by atoms with Gasteiger partial charge in [0.15, 0.2) is 0 Å². The first-order valence-electron chi connectivity index (χ1n) is 6.78. The molecule has 1 aliphatic rings. The summed E-state index contributed by atoms with van der Waals surface area (Å²) in [5, 5.41) is 3.51. The molecule has 0 radical (unpaired) electrons. The van der Waals surface area contributed by atoms with Gasteiger partial charge in [-0.25, -0.2) is 0 Å². The number of para-hydroxylation sites is 1. The van der Waals surface area contributed by atoms with Gasteiger partial charge in [-0.15, -0.1) is 0 Å². The first-order valence-corrected chi connectivity index (χ1v) is 6.78. The number of rotatable bonds is 4. The van der Waals surface area contributed by atoms with Crippen LogP contribution < -0.4 is 5.32 Å². The van der Waals surface area contributed by atoms with E-state index < -0.39 is 0 Å². The predicted octanol–water partition coefficient (Wildman–Crippen LogP) is 3.22. The molecule has 2 heteroatoms. The van der Waals surface area contributed by atoms with Gasteiger partial charge in [0.2, 0.25) is 0 Å². The van der Waals surface area contributed by atoms with Crippen molar-refractivity contribution in [3.63, 3.8) is 0 Å². The summed E-state index contributed by atoms with van der Waals surface area (Å²) in [5.74, 6) is 0.917. The summed E-state index contributed by atoms with van der Waals surface area (Å²) < 4.78 is 0. The molecule has 2 nitrogen and oxygen atoms in total. The van der Waals surface area contributed by atoms with Gasteiger partial charge >= 0.3 is 0 Å². The zero-order chi connectivity index (χ0) is 12.1. The second-order valence-corrected chi connectivity index (χ2v) is 5.31. The van der Waals surface area contributed by atoms with E-state index in [1.54, 1.807) is 0 Å². The molecule has 1 saturated heterocycles. The lowest BCUT2D eigenvalue weighted by Gasteiger charge is -2.35. The number of anilines is 1. The molecule has 1 heterocycles. The molecule has 1 aromatic rings. The van der Waals surface area contributed by atoms with E-state index in [9.17, 15) is 0 Å². The van der Waals surface area contributed by atoms with Crippen molar-refractivity contribution < 1.29 is 0 Å². The van der Waals surface area contributed by atoms with Crippen molar-refractivity contribution in [2.45, 2.75) is 32.7 Å². The SMILES string of the molecule is CC1CCN(C(C)CNc2ccccc2)CC1. The number of benzene rings is 1. The summed E-state index contributed by atoms with van der Waals surface area (Å²) in [6, 6.07) is 11.1. The average molecular weight is 232 g/mol. The van der Waals surface area contributed by atoms with Crippen molar-refractivity contribution in [1.29, 1.82) is 0 Å². The summed E-state index contributed by atoms with van der Waals surface area (Å²) in [6.07, 6.45) is 2.71. The molecule has 1 aromatic carbocycles. The van der Waals surface area contributed by atoms with Crippen LogP contribution in [-0.4, -0.2) is 30.6 Å². The molecule has 1 aliphatic heterocycles. The van der Waals surface area contributed by atoms with Crippen LogP contribution in [0.15, 0.2) is 30.3 Å². The van der Waals surface area contributed by atoms with Gasteiger partial charge in [0.05, 0.1) is 0 Å². The fraction of sp³-hybridized carbons (Fsp3) is 0.600. The third-order valence-electron chi connectivity index (χ3n) is 3.82. The van der Waals surface area contributed by atoms with Crippen molar-refractivity contribution >= 4 is 5.69 Å². The Morgan fingerprint density at radius 2 is 1.88 bits per heavy atom. The molecule has 94 valence electrons. The first kappa shape index (κ1) is 12.4. The quantitative estimate of drug-likeness (QED) is 0.857. The number of likely N-dealkylation sites (tertiary alicyclic amines) is 1. The Balaban J connectivity index is 1.75. The van der Waals surface area contributed by atoms with E-state index in [1.165, 1.54) is 31.6 Å². The van der Waals surface area contributed by atoms with E-state index in [2.05, 4.69) is 54.4 Å². The molecule has 1 atom stereocenters. The number of piperidine rings is 1. The highest BCUT2D eigenvalue weighted by Gasteiger charge is 2.19. The predicted molar refractivity (Wildman–Crippen MR) is 74.4 cm³/mol. The zero-order valence-electron chi connectivity index (χ0n) is 11.0. The van der Waals surface area contributed by atoms with Crippen LogP contribution in [0.25, 0.3) is 0 Å². The van der Waals surface area contributed by atoms with E-state index in [0.29, 0.717) is 6.04 Å². The molecule has 17 heavy (non-hydrogen) atoms. The topological polar surface area (TPSA) is 15.3 Å². The van der Waals surface area contributed by atoms with E-state index >= 15 is 0 Å². The maximum atomic E-state index is 3.51. The van der Waals surface area contributed by atoms with E-state index in [1.807, 2.05) is 0 Å². The fourth-order valence-electron chi connectivity index (χ4n) is 2.42. The second kappa shape index (κ2) is 6.06. The normalized spacial score (nSPS) is 20.1. The van der Waals surface area contributed by atoms with Crippen LogP contribution in [0.1, 0.15) is 26.7 Å². The number of hydrogen-bond acceptors (Lipinski definition) is 2. The van der Waals surface area contributed by atoms with Crippen LogP contribution in [0.5, 0.6) is 0 Å². The maximum absolute atomic E-state index is 3.51. The Kier molecular flexibility index (Phi) is 4.43. The van der Waals surface area contributed by atoms with Gasteiger partial charge in [-0.1, -0.05) is 25.1 Å². The van der Waals surface area contributed by atoms with Gasteiger partial charge in [0.1, 0.15) is 0 Å². The maximum Gasteiger partial charge on any atom is 0.0340 e. The van der Waals surface area contributed by atoms with Crippen LogP contribution in [0.2, 0.25) is 0 Å². The lowest BCUT2D eigenvalue weighted by Crippen LogP contribution is -2.42. The summed E-state index contributed by atoms with van der Waals surface area (Å²) >= 11 is 0. The van der Waals surface area contributed by atoms with Crippen molar-refractivity contribution in [3.8, 4) is 0 Å². The minimum Gasteiger partial charge on any atom is -0.383 e. The largest absolute Gasteiger partial charge is 0.383 e. The zero-order valence-corrected chi connectivity index (χ0v) is 11.0. The van der Waals surface area contributed by atoms with Crippen LogP contribution in [0, 0.1) is 5.92 Å². The van der Waals surface area contributed by atoms with Gasteiger partial charge in [-0.3, -0.25) is 4.90 Å². The Morgan fingerprint density at radius 1 is 1.24 bits per heavy atom. The van der Waals surface area contributed by atoms with Crippen molar-refractivity contribution in [1.82, 2.24) is 4.90 Å². The highest BCUT2D eigenvalue weighted by atomic mass is 15.2. The Hall–Kier alpha value is -1.02. The monoisotopic (exact) mass is 232 g/mol. The number of nitrogens with zero attached hydrogens (tertiary/aromatic N) is 1. The molecular formula is C15H24N2. The molecule has 2 rings (SSSR count). The molecule has 1 unspecified atom stereocenters. The Morgan fingerprint density at radius 3 is 2.53 bits per heavy atom.